The number of carbonyl (C=O) groups is 1. The van der Waals surface area contributed by atoms with E-state index in [-0.39, 0.29) is 17.4 Å². The third-order valence-electron chi connectivity index (χ3n) is 4.92. The summed E-state index contributed by atoms with van der Waals surface area (Å²) in [6.45, 7) is 7.31. The second-order valence-corrected chi connectivity index (χ2v) is 7.19. The van der Waals surface area contributed by atoms with Gasteiger partial charge in [-0.3, -0.25) is 4.79 Å². The highest BCUT2D eigenvalue weighted by molar-refractivity contribution is 5.96. The molecule has 0 saturated carbocycles. The van der Waals surface area contributed by atoms with E-state index in [0.717, 1.165) is 37.0 Å². The highest BCUT2D eigenvalue weighted by Crippen LogP contribution is 2.28. The molecule has 0 radical (unpaired) electrons. The lowest BCUT2D eigenvalue weighted by atomic mass is 9.79. The van der Waals surface area contributed by atoms with Gasteiger partial charge in [-0.15, -0.1) is 0 Å². The number of nitrogens with one attached hydrogen (secondary N) is 2. The van der Waals surface area contributed by atoms with Crippen LogP contribution in [0.4, 0.5) is 0 Å². The molecule has 0 atom stereocenters. The molecular formula is C18H27N5O2. The van der Waals surface area contributed by atoms with Crippen LogP contribution in [0.1, 0.15) is 43.1 Å². The van der Waals surface area contributed by atoms with Crippen molar-refractivity contribution < 1.29 is 9.53 Å². The Morgan fingerprint density at radius 2 is 2.16 bits per heavy atom. The third-order valence-corrected chi connectivity index (χ3v) is 4.92. The van der Waals surface area contributed by atoms with Gasteiger partial charge in [0.1, 0.15) is 0 Å². The Balaban J connectivity index is 1.71. The molecular weight excluding hydrogens is 318 g/mol. The molecule has 0 aliphatic carbocycles. The molecule has 3 heterocycles. The normalized spacial score (nSPS) is 17.1. The van der Waals surface area contributed by atoms with Gasteiger partial charge in [0, 0.05) is 36.7 Å². The Hall–Kier alpha value is -1.99. The second-order valence-electron chi connectivity index (χ2n) is 7.19. The van der Waals surface area contributed by atoms with Crippen LogP contribution in [0, 0.1) is 5.41 Å². The van der Waals surface area contributed by atoms with Crippen molar-refractivity contribution in [3.63, 3.8) is 0 Å². The van der Waals surface area contributed by atoms with Crippen LogP contribution in [0.2, 0.25) is 0 Å². The molecule has 1 aliphatic heterocycles. The second kappa shape index (κ2) is 7.49. The molecule has 2 N–H and O–H groups in total. The zero-order valence-electron chi connectivity index (χ0n) is 15.2. The number of ether oxygens (including phenoxy) is 1. The number of aromatic nitrogens is 3. The fraction of sp³-hybridized carbons (Fsp3) is 0.611. The Morgan fingerprint density at radius 3 is 2.84 bits per heavy atom. The summed E-state index contributed by atoms with van der Waals surface area (Å²) >= 11 is 0. The summed E-state index contributed by atoms with van der Waals surface area (Å²) in [4.78, 5) is 17.0. The number of piperidine rings is 1. The Bertz CT molecular complexity index is 729. The van der Waals surface area contributed by atoms with Crippen molar-refractivity contribution in [2.45, 2.75) is 32.7 Å². The minimum Gasteiger partial charge on any atom is -0.384 e. The van der Waals surface area contributed by atoms with Crippen molar-refractivity contribution in [2.75, 3.05) is 33.4 Å². The zero-order valence-corrected chi connectivity index (χ0v) is 15.2. The Labute approximate surface area is 148 Å². The van der Waals surface area contributed by atoms with Crippen LogP contribution in [0.5, 0.6) is 0 Å². The molecule has 136 valence electrons. The van der Waals surface area contributed by atoms with Crippen molar-refractivity contribution in [1.82, 2.24) is 25.4 Å². The summed E-state index contributed by atoms with van der Waals surface area (Å²) in [5.74, 6) is -0.0966. The maximum atomic E-state index is 12.6. The fourth-order valence-electron chi connectivity index (χ4n) is 3.45. The number of methoxy groups -OCH3 is 1. The summed E-state index contributed by atoms with van der Waals surface area (Å²) < 4.78 is 7.26. The van der Waals surface area contributed by atoms with Gasteiger partial charge in [0.05, 0.1) is 18.4 Å². The minimum atomic E-state index is -0.0966. The highest BCUT2D eigenvalue weighted by Gasteiger charge is 2.32. The Morgan fingerprint density at radius 1 is 1.40 bits per heavy atom. The van der Waals surface area contributed by atoms with Crippen LogP contribution in [0.15, 0.2) is 18.5 Å². The average molecular weight is 345 g/mol. The monoisotopic (exact) mass is 345 g/mol. The van der Waals surface area contributed by atoms with Crippen molar-refractivity contribution in [2.24, 2.45) is 5.41 Å². The van der Waals surface area contributed by atoms with E-state index < -0.39 is 0 Å². The summed E-state index contributed by atoms with van der Waals surface area (Å²) in [6, 6.07) is 2.09. The van der Waals surface area contributed by atoms with Gasteiger partial charge in [0.25, 0.3) is 5.91 Å². The molecule has 0 aromatic carbocycles. The van der Waals surface area contributed by atoms with E-state index in [1.165, 1.54) is 0 Å². The first-order chi connectivity index (χ1) is 12.0. The number of hydrogen-bond donors (Lipinski definition) is 2. The molecule has 0 spiro atoms. The molecule has 0 unspecified atom stereocenters. The van der Waals surface area contributed by atoms with E-state index in [1.54, 1.807) is 19.5 Å². The van der Waals surface area contributed by atoms with Crippen LogP contribution in [-0.2, 0) is 4.74 Å². The first-order valence-corrected chi connectivity index (χ1v) is 8.86. The van der Waals surface area contributed by atoms with Gasteiger partial charge in [0.2, 0.25) is 0 Å². The number of nitrogens with zero attached hydrogens (tertiary/aromatic N) is 3. The zero-order chi connectivity index (χ0) is 17.9. The SMILES string of the molecule is COCC1(CNC(=O)c2cnc3c(cnn3C(C)C)c2)CCNCC1. The van der Waals surface area contributed by atoms with Gasteiger partial charge in [-0.05, 0) is 45.8 Å². The minimum absolute atomic E-state index is 0.00964. The molecule has 1 fully saturated rings. The molecule has 25 heavy (non-hydrogen) atoms. The van der Waals surface area contributed by atoms with Crippen molar-refractivity contribution in [1.29, 1.82) is 0 Å². The van der Waals surface area contributed by atoms with Crippen molar-refractivity contribution in [3.05, 3.63) is 24.0 Å². The molecule has 0 bridgehead atoms. The first-order valence-electron chi connectivity index (χ1n) is 8.86. The molecule has 1 amide bonds. The van der Waals surface area contributed by atoms with Crippen LogP contribution < -0.4 is 10.6 Å². The topological polar surface area (TPSA) is 81.1 Å². The number of carbonyl (C=O) groups excluding carboxylic acids is 1. The summed E-state index contributed by atoms with van der Waals surface area (Å²) in [6.07, 6.45) is 5.39. The third kappa shape index (κ3) is 3.82. The van der Waals surface area contributed by atoms with Crippen molar-refractivity contribution in [3.8, 4) is 0 Å². The van der Waals surface area contributed by atoms with Crippen molar-refractivity contribution >= 4 is 16.9 Å². The smallest absolute Gasteiger partial charge is 0.252 e. The fourth-order valence-corrected chi connectivity index (χ4v) is 3.45. The summed E-state index contributed by atoms with van der Waals surface area (Å²) in [5, 5.41) is 11.7. The molecule has 7 heteroatoms. The maximum Gasteiger partial charge on any atom is 0.252 e. The van der Waals surface area contributed by atoms with E-state index in [9.17, 15) is 4.79 Å². The van der Waals surface area contributed by atoms with Gasteiger partial charge in [-0.1, -0.05) is 0 Å². The summed E-state index contributed by atoms with van der Waals surface area (Å²) in [5.41, 5.74) is 1.38. The largest absolute Gasteiger partial charge is 0.384 e. The molecule has 1 saturated heterocycles. The Kier molecular flexibility index (Phi) is 5.34. The predicted octanol–water partition coefficient (Wildman–Crippen LogP) is 1.76. The quantitative estimate of drug-likeness (QED) is 0.834. The van der Waals surface area contributed by atoms with Crippen LogP contribution in [0.25, 0.3) is 11.0 Å². The van der Waals surface area contributed by atoms with E-state index >= 15 is 0 Å². The van der Waals surface area contributed by atoms with Gasteiger partial charge >= 0.3 is 0 Å². The lowest BCUT2D eigenvalue weighted by Gasteiger charge is -2.37. The first kappa shape index (κ1) is 17.8. The van der Waals surface area contributed by atoms with Gasteiger partial charge < -0.3 is 15.4 Å². The van der Waals surface area contributed by atoms with Crippen LogP contribution in [-0.4, -0.2) is 54.0 Å². The molecule has 7 nitrogen and oxygen atoms in total. The van der Waals surface area contributed by atoms with E-state index in [1.807, 2.05) is 10.7 Å². The number of pyridine rings is 1. The molecule has 3 rings (SSSR count). The van der Waals surface area contributed by atoms with E-state index in [2.05, 4.69) is 34.6 Å². The average Bonchev–Trinajstić information content (AvgIpc) is 3.04. The van der Waals surface area contributed by atoms with Crippen LogP contribution >= 0.6 is 0 Å². The molecule has 2 aromatic heterocycles. The van der Waals surface area contributed by atoms with E-state index in [4.69, 9.17) is 4.74 Å². The standard InChI is InChI=1S/C18H27N5O2/c1-13(2)23-16-14(10-22-23)8-15(9-20-16)17(24)21-11-18(12-25-3)4-6-19-7-5-18/h8-10,13,19H,4-7,11-12H2,1-3H3,(H,21,24). The van der Waals surface area contributed by atoms with Crippen LogP contribution in [0.3, 0.4) is 0 Å². The number of rotatable bonds is 6. The lowest BCUT2D eigenvalue weighted by molar-refractivity contribution is 0.0511. The number of hydrogen-bond acceptors (Lipinski definition) is 5. The number of fused-ring (bicyclic) bond motifs is 1. The maximum absolute atomic E-state index is 12.6. The van der Waals surface area contributed by atoms with E-state index in [0.29, 0.717) is 18.7 Å². The molecule has 2 aromatic rings. The van der Waals surface area contributed by atoms with Gasteiger partial charge in [-0.2, -0.15) is 5.10 Å². The predicted molar refractivity (Wildman–Crippen MR) is 96.7 cm³/mol. The number of amides is 1. The highest BCUT2D eigenvalue weighted by atomic mass is 16.5. The summed E-state index contributed by atoms with van der Waals surface area (Å²) in [7, 11) is 1.72. The lowest BCUT2D eigenvalue weighted by Crippen LogP contribution is -2.47. The van der Waals surface area contributed by atoms with Gasteiger partial charge in [-0.25, -0.2) is 9.67 Å². The molecule has 1 aliphatic rings. The van der Waals surface area contributed by atoms with Gasteiger partial charge in [0.15, 0.2) is 5.65 Å².